The van der Waals surface area contributed by atoms with E-state index in [1.54, 1.807) is 0 Å². The maximum Gasteiger partial charge on any atom is 0.0575 e. The van der Waals surface area contributed by atoms with Gasteiger partial charge in [-0.05, 0) is 18.9 Å². The molecule has 1 atom stereocenters. The van der Waals surface area contributed by atoms with E-state index in [9.17, 15) is 0 Å². The third-order valence-corrected chi connectivity index (χ3v) is 1.23. The number of aliphatic hydroxyl groups is 1. The second-order valence-electron chi connectivity index (χ2n) is 2.39. The minimum atomic E-state index is -0.208. The molecule has 0 aromatic carbocycles. The molecule has 0 saturated heterocycles. The summed E-state index contributed by atoms with van der Waals surface area (Å²) in [4.78, 5) is 0. The highest BCUT2D eigenvalue weighted by Crippen LogP contribution is 2.02. The Bertz CT molecular complexity index is 54.5. The Kier molecular flexibility index (Phi) is 3.83. The Hall–Kier alpha value is -0.0800. The Morgan fingerprint density at radius 2 is 2.00 bits per heavy atom. The number of nitrogens with two attached hydrogens (primary N) is 1. The lowest BCUT2D eigenvalue weighted by Crippen LogP contribution is -2.18. The molecule has 3 N–H and O–H groups in total. The van der Waals surface area contributed by atoms with Crippen LogP contribution < -0.4 is 5.73 Å². The summed E-state index contributed by atoms with van der Waals surface area (Å²) in [6, 6.07) is 0. The molecule has 0 radical (unpaired) electrons. The highest BCUT2D eigenvalue weighted by Gasteiger charge is 2.05. The van der Waals surface area contributed by atoms with E-state index in [-0.39, 0.29) is 6.10 Å². The van der Waals surface area contributed by atoms with Crippen LogP contribution >= 0.6 is 0 Å². The van der Waals surface area contributed by atoms with Crippen LogP contribution in [0.4, 0.5) is 0 Å². The quantitative estimate of drug-likeness (QED) is 0.560. The first-order valence-electron chi connectivity index (χ1n) is 3.06. The second-order valence-corrected chi connectivity index (χ2v) is 2.39. The monoisotopic (exact) mass is 117 g/mol. The maximum atomic E-state index is 9.05. The van der Waals surface area contributed by atoms with Gasteiger partial charge in [0.05, 0.1) is 6.10 Å². The van der Waals surface area contributed by atoms with Gasteiger partial charge in [0.1, 0.15) is 0 Å². The van der Waals surface area contributed by atoms with Crippen LogP contribution in [0.3, 0.4) is 0 Å². The fraction of sp³-hybridized carbons (Fsp3) is 1.00. The van der Waals surface area contributed by atoms with Crippen molar-refractivity contribution in [2.45, 2.75) is 26.4 Å². The molecule has 0 spiro atoms. The van der Waals surface area contributed by atoms with Crippen LogP contribution in [0.15, 0.2) is 0 Å². The molecule has 0 unspecified atom stereocenters. The van der Waals surface area contributed by atoms with Crippen LogP contribution in [0.5, 0.6) is 0 Å². The van der Waals surface area contributed by atoms with E-state index in [4.69, 9.17) is 10.8 Å². The van der Waals surface area contributed by atoms with E-state index >= 15 is 0 Å². The number of rotatable bonds is 3. The summed E-state index contributed by atoms with van der Waals surface area (Å²) in [6.45, 7) is 4.56. The zero-order valence-corrected chi connectivity index (χ0v) is 5.59. The van der Waals surface area contributed by atoms with Crippen molar-refractivity contribution in [3.8, 4) is 0 Å². The Balaban J connectivity index is 3.17. The van der Waals surface area contributed by atoms with E-state index in [1.165, 1.54) is 0 Å². The summed E-state index contributed by atoms with van der Waals surface area (Å²) in [7, 11) is 0. The summed E-state index contributed by atoms with van der Waals surface area (Å²) in [5, 5.41) is 9.05. The molecule has 50 valence electrons. The number of aliphatic hydroxyl groups excluding tert-OH is 1. The van der Waals surface area contributed by atoms with Gasteiger partial charge in [0, 0.05) is 0 Å². The molecular formula is C6H15NO. The van der Waals surface area contributed by atoms with Crippen LogP contribution in [-0.2, 0) is 0 Å². The summed E-state index contributed by atoms with van der Waals surface area (Å²) in [6.07, 6.45) is 0.512. The van der Waals surface area contributed by atoms with E-state index in [0.29, 0.717) is 12.5 Å². The predicted molar refractivity (Wildman–Crippen MR) is 34.5 cm³/mol. The van der Waals surface area contributed by atoms with E-state index in [0.717, 1.165) is 6.42 Å². The third kappa shape index (κ3) is 2.99. The van der Waals surface area contributed by atoms with Crippen molar-refractivity contribution in [3.63, 3.8) is 0 Å². The highest BCUT2D eigenvalue weighted by molar-refractivity contribution is 4.58. The van der Waals surface area contributed by atoms with Crippen molar-refractivity contribution in [3.05, 3.63) is 0 Å². The second kappa shape index (κ2) is 3.87. The molecule has 0 amide bonds. The van der Waals surface area contributed by atoms with Gasteiger partial charge in [-0.1, -0.05) is 13.8 Å². The average Bonchev–Trinajstić information content (AvgIpc) is 1.67. The Labute approximate surface area is 50.7 Å². The van der Waals surface area contributed by atoms with Crippen LogP contribution in [0.25, 0.3) is 0 Å². The molecule has 0 saturated carbocycles. The third-order valence-electron chi connectivity index (χ3n) is 1.23. The van der Waals surface area contributed by atoms with Gasteiger partial charge >= 0.3 is 0 Å². The SMILES string of the molecule is CC(C)[C@@H](O)CCN. The fourth-order valence-electron chi connectivity index (χ4n) is 0.504. The molecule has 0 bridgehead atoms. The predicted octanol–water partition coefficient (Wildman–Crippen LogP) is 0.352. The van der Waals surface area contributed by atoms with Gasteiger partial charge in [0.25, 0.3) is 0 Å². The minimum absolute atomic E-state index is 0.208. The summed E-state index contributed by atoms with van der Waals surface area (Å²) in [5.74, 6) is 0.346. The van der Waals surface area contributed by atoms with Crippen molar-refractivity contribution in [1.82, 2.24) is 0 Å². The highest BCUT2D eigenvalue weighted by atomic mass is 16.3. The molecule has 0 aliphatic carbocycles. The van der Waals surface area contributed by atoms with Crippen LogP contribution in [0.1, 0.15) is 20.3 Å². The molecular weight excluding hydrogens is 102 g/mol. The van der Waals surface area contributed by atoms with Gasteiger partial charge in [-0.2, -0.15) is 0 Å². The number of hydrogen-bond donors (Lipinski definition) is 2. The van der Waals surface area contributed by atoms with E-state index in [2.05, 4.69) is 0 Å². The van der Waals surface area contributed by atoms with Gasteiger partial charge in [-0.3, -0.25) is 0 Å². The van der Waals surface area contributed by atoms with Gasteiger partial charge in [0.15, 0.2) is 0 Å². The van der Waals surface area contributed by atoms with Crippen LogP contribution in [-0.4, -0.2) is 17.8 Å². The standard InChI is InChI=1S/C6H15NO/c1-5(2)6(8)3-4-7/h5-6,8H,3-4,7H2,1-2H3/t6-/m0/s1. The summed E-state index contributed by atoms with van der Waals surface area (Å²) in [5.41, 5.74) is 5.21. The molecule has 0 rings (SSSR count). The average molecular weight is 117 g/mol. The largest absolute Gasteiger partial charge is 0.393 e. The van der Waals surface area contributed by atoms with Crippen molar-refractivity contribution >= 4 is 0 Å². The molecule has 2 nitrogen and oxygen atoms in total. The maximum absolute atomic E-state index is 9.05. The zero-order valence-electron chi connectivity index (χ0n) is 5.59. The summed E-state index contributed by atoms with van der Waals surface area (Å²) >= 11 is 0. The summed E-state index contributed by atoms with van der Waals surface area (Å²) < 4.78 is 0. The van der Waals surface area contributed by atoms with Crippen molar-refractivity contribution < 1.29 is 5.11 Å². The van der Waals surface area contributed by atoms with Crippen molar-refractivity contribution in [2.24, 2.45) is 11.7 Å². The van der Waals surface area contributed by atoms with E-state index < -0.39 is 0 Å². The topological polar surface area (TPSA) is 46.2 Å². The first kappa shape index (κ1) is 7.92. The molecule has 0 fully saturated rings. The molecule has 2 heteroatoms. The zero-order chi connectivity index (χ0) is 6.57. The molecule has 0 aromatic heterocycles. The fourth-order valence-corrected chi connectivity index (χ4v) is 0.504. The lowest BCUT2D eigenvalue weighted by atomic mass is 10.1. The Morgan fingerprint density at radius 3 is 2.12 bits per heavy atom. The minimum Gasteiger partial charge on any atom is -0.393 e. The lowest BCUT2D eigenvalue weighted by Gasteiger charge is -2.11. The molecule has 0 aliphatic rings. The van der Waals surface area contributed by atoms with Crippen molar-refractivity contribution in [2.75, 3.05) is 6.54 Å². The van der Waals surface area contributed by atoms with Crippen LogP contribution in [0.2, 0.25) is 0 Å². The first-order valence-corrected chi connectivity index (χ1v) is 3.06. The Morgan fingerprint density at radius 1 is 1.50 bits per heavy atom. The van der Waals surface area contributed by atoms with Gasteiger partial charge in [0.2, 0.25) is 0 Å². The molecule has 0 aromatic rings. The molecule has 0 heterocycles. The van der Waals surface area contributed by atoms with Gasteiger partial charge in [-0.15, -0.1) is 0 Å². The first-order chi connectivity index (χ1) is 3.68. The van der Waals surface area contributed by atoms with Gasteiger partial charge in [-0.25, -0.2) is 0 Å². The lowest BCUT2D eigenvalue weighted by molar-refractivity contribution is 0.119. The normalized spacial score (nSPS) is 14.6. The van der Waals surface area contributed by atoms with Crippen LogP contribution in [0, 0.1) is 5.92 Å². The smallest absolute Gasteiger partial charge is 0.0575 e. The van der Waals surface area contributed by atoms with E-state index in [1.807, 2.05) is 13.8 Å². The van der Waals surface area contributed by atoms with Gasteiger partial charge < -0.3 is 10.8 Å². The molecule has 8 heavy (non-hydrogen) atoms. The number of hydrogen-bond acceptors (Lipinski definition) is 2. The van der Waals surface area contributed by atoms with Crippen molar-refractivity contribution in [1.29, 1.82) is 0 Å². The molecule has 0 aliphatic heterocycles.